The summed E-state index contributed by atoms with van der Waals surface area (Å²) in [5.41, 5.74) is 7.49. The van der Waals surface area contributed by atoms with Gasteiger partial charge in [0.25, 0.3) is 5.56 Å². The van der Waals surface area contributed by atoms with E-state index >= 15 is 0 Å². The molecule has 0 aliphatic rings. The summed E-state index contributed by atoms with van der Waals surface area (Å²) in [7, 11) is 0. The van der Waals surface area contributed by atoms with Gasteiger partial charge in [0.1, 0.15) is 5.82 Å². The Balaban J connectivity index is 2.38. The lowest BCUT2D eigenvalue weighted by atomic mass is 10.0. The van der Waals surface area contributed by atoms with Crippen LogP contribution in [-0.2, 0) is 6.54 Å². The number of thiocarbonyl (C=S) groups is 1. The predicted molar refractivity (Wildman–Crippen MR) is 125 cm³/mol. The topological polar surface area (TPSA) is 96.2 Å². The Kier molecular flexibility index (Phi) is 8.01. The van der Waals surface area contributed by atoms with Crippen molar-refractivity contribution in [1.29, 1.82) is 0 Å². The Morgan fingerprint density at radius 1 is 1.21 bits per heavy atom. The smallest absolute Gasteiger partial charge is 0.330 e. The first kappa shape index (κ1) is 22.7. The van der Waals surface area contributed by atoms with Crippen molar-refractivity contribution in [3.8, 4) is 0 Å². The second-order valence-electron chi connectivity index (χ2n) is 7.36. The lowest BCUT2D eigenvalue weighted by molar-refractivity contribution is 0.604. The minimum Gasteiger partial charge on any atom is -0.383 e. The molecule has 1 aromatic carbocycles. The van der Waals surface area contributed by atoms with Crippen LogP contribution in [-0.4, -0.2) is 21.2 Å². The Hall–Kier alpha value is -2.61. The molecular formula is C21H31N5O2S. The number of H-pyrrole nitrogens is 1. The Bertz CT molecular complexity index is 947. The van der Waals surface area contributed by atoms with Crippen LogP contribution in [0.1, 0.15) is 58.4 Å². The van der Waals surface area contributed by atoms with E-state index in [2.05, 4.69) is 24.1 Å². The van der Waals surface area contributed by atoms with E-state index in [9.17, 15) is 9.59 Å². The number of benzene rings is 1. The zero-order valence-corrected chi connectivity index (χ0v) is 18.4. The highest BCUT2D eigenvalue weighted by Crippen LogP contribution is 2.21. The van der Waals surface area contributed by atoms with Crippen molar-refractivity contribution in [2.45, 2.75) is 59.4 Å². The maximum Gasteiger partial charge on any atom is 0.330 e. The van der Waals surface area contributed by atoms with Crippen LogP contribution in [0.2, 0.25) is 0 Å². The van der Waals surface area contributed by atoms with Gasteiger partial charge in [0.2, 0.25) is 0 Å². The molecule has 0 bridgehead atoms. The maximum absolute atomic E-state index is 12.6. The zero-order valence-electron chi connectivity index (χ0n) is 17.6. The van der Waals surface area contributed by atoms with Gasteiger partial charge in [-0.2, -0.15) is 0 Å². The minimum absolute atomic E-state index is 0.139. The van der Waals surface area contributed by atoms with E-state index in [0.29, 0.717) is 24.1 Å². The summed E-state index contributed by atoms with van der Waals surface area (Å²) in [5, 5.41) is 3.55. The molecule has 0 unspecified atom stereocenters. The summed E-state index contributed by atoms with van der Waals surface area (Å²) >= 11 is 5.59. The molecule has 1 heterocycles. The zero-order chi connectivity index (χ0) is 21.6. The second-order valence-corrected chi connectivity index (χ2v) is 7.74. The van der Waals surface area contributed by atoms with Crippen molar-refractivity contribution < 1.29 is 0 Å². The molecule has 1 aromatic heterocycles. The standard InChI is InChI=1S/C21H31N5O2S/c1-5-7-13-26-18(22)17(19(27)24-20(26)28)25(12-6-2)21(29)23-16-10-8-15(9-11-16)14(3)4/h8-11,14H,5-7,12-13,22H2,1-4H3,(H,23,29)(H,24,27,28). The Morgan fingerprint density at radius 3 is 2.41 bits per heavy atom. The van der Waals surface area contributed by atoms with Gasteiger partial charge < -0.3 is 16.0 Å². The summed E-state index contributed by atoms with van der Waals surface area (Å²) < 4.78 is 1.41. The van der Waals surface area contributed by atoms with Gasteiger partial charge >= 0.3 is 5.69 Å². The number of hydrogen-bond donors (Lipinski definition) is 3. The molecule has 0 amide bonds. The fourth-order valence-electron chi connectivity index (χ4n) is 3.06. The van der Waals surface area contributed by atoms with Crippen LogP contribution in [0, 0.1) is 0 Å². The van der Waals surface area contributed by atoms with Gasteiger partial charge in [-0.25, -0.2) is 4.79 Å². The second kappa shape index (κ2) is 10.2. The number of rotatable bonds is 8. The van der Waals surface area contributed by atoms with E-state index in [1.54, 1.807) is 4.90 Å². The lowest BCUT2D eigenvalue weighted by Crippen LogP contribution is -2.43. The van der Waals surface area contributed by atoms with Crippen LogP contribution in [0.25, 0.3) is 0 Å². The first-order chi connectivity index (χ1) is 13.8. The van der Waals surface area contributed by atoms with Gasteiger partial charge in [0.05, 0.1) is 0 Å². The Morgan fingerprint density at radius 2 is 1.86 bits per heavy atom. The molecule has 4 N–H and O–H groups in total. The Labute approximate surface area is 176 Å². The molecule has 7 nitrogen and oxygen atoms in total. The van der Waals surface area contributed by atoms with Crippen molar-refractivity contribution in [2.75, 3.05) is 22.5 Å². The van der Waals surface area contributed by atoms with Gasteiger partial charge in [-0.05, 0) is 48.7 Å². The number of nitrogens with one attached hydrogen (secondary N) is 2. The summed E-state index contributed by atoms with van der Waals surface area (Å²) in [4.78, 5) is 28.9. The van der Waals surface area contributed by atoms with E-state index in [4.69, 9.17) is 18.0 Å². The van der Waals surface area contributed by atoms with Crippen LogP contribution in [0.15, 0.2) is 33.9 Å². The molecular weight excluding hydrogens is 386 g/mol. The molecule has 0 radical (unpaired) electrons. The van der Waals surface area contributed by atoms with Gasteiger partial charge in [-0.3, -0.25) is 14.3 Å². The highest BCUT2D eigenvalue weighted by molar-refractivity contribution is 7.80. The third-order valence-corrected chi connectivity index (χ3v) is 5.06. The first-order valence-corrected chi connectivity index (χ1v) is 10.5. The number of nitrogen functional groups attached to an aromatic ring is 1. The third-order valence-electron chi connectivity index (χ3n) is 4.74. The molecule has 0 atom stereocenters. The molecule has 0 saturated carbocycles. The number of aromatic amines is 1. The van der Waals surface area contributed by atoms with E-state index < -0.39 is 11.2 Å². The van der Waals surface area contributed by atoms with Crippen molar-refractivity contribution in [3.63, 3.8) is 0 Å². The normalized spacial score (nSPS) is 10.9. The molecule has 2 aromatic rings. The van der Waals surface area contributed by atoms with Gasteiger partial charge in [0.15, 0.2) is 10.8 Å². The van der Waals surface area contributed by atoms with Gasteiger partial charge in [0, 0.05) is 18.8 Å². The fourth-order valence-corrected chi connectivity index (χ4v) is 3.36. The summed E-state index contributed by atoms with van der Waals surface area (Å²) in [5.74, 6) is 0.579. The third kappa shape index (κ3) is 5.47. The van der Waals surface area contributed by atoms with Crippen LogP contribution in [0.3, 0.4) is 0 Å². The lowest BCUT2D eigenvalue weighted by Gasteiger charge is -2.27. The minimum atomic E-state index is -0.534. The van der Waals surface area contributed by atoms with E-state index in [1.165, 1.54) is 10.1 Å². The molecule has 0 aliphatic carbocycles. The monoisotopic (exact) mass is 417 g/mol. The van der Waals surface area contributed by atoms with Crippen molar-refractivity contribution in [1.82, 2.24) is 9.55 Å². The number of aromatic nitrogens is 2. The number of nitrogens with two attached hydrogens (primary N) is 1. The summed E-state index contributed by atoms with van der Waals surface area (Å²) in [6, 6.07) is 8.01. The number of unbranched alkanes of at least 4 members (excludes halogenated alkanes) is 1. The fraction of sp³-hybridized carbons (Fsp3) is 0.476. The van der Waals surface area contributed by atoms with E-state index in [1.807, 2.05) is 38.1 Å². The number of nitrogens with zero attached hydrogens (tertiary/aromatic N) is 2. The molecule has 8 heteroatoms. The summed E-state index contributed by atoms with van der Waals surface area (Å²) in [6.07, 6.45) is 2.45. The maximum atomic E-state index is 12.6. The average Bonchev–Trinajstić information content (AvgIpc) is 2.67. The number of hydrogen-bond acceptors (Lipinski definition) is 4. The molecule has 29 heavy (non-hydrogen) atoms. The largest absolute Gasteiger partial charge is 0.383 e. The van der Waals surface area contributed by atoms with Gasteiger partial charge in [-0.1, -0.05) is 46.2 Å². The van der Waals surface area contributed by atoms with Crippen molar-refractivity contribution in [3.05, 3.63) is 50.7 Å². The first-order valence-electron chi connectivity index (χ1n) is 10.1. The average molecular weight is 418 g/mol. The molecule has 2 rings (SSSR count). The van der Waals surface area contributed by atoms with Crippen LogP contribution >= 0.6 is 12.2 Å². The molecule has 0 aliphatic heterocycles. The van der Waals surface area contributed by atoms with Crippen molar-refractivity contribution in [2.24, 2.45) is 0 Å². The van der Waals surface area contributed by atoms with E-state index in [-0.39, 0.29) is 11.5 Å². The summed E-state index contributed by atoms with van der Waals surface area (Å²) in [6.45, 7) is 9.24. The SMILES string of the molecule is CCCCn1c(N)c(N(CCC)C(=S)Nc2ccc(C(C)C)cc2)c(=O)[nH]c1=O. The molecule has 0 spiro atoms. The highest BCUT2D eigenvalue weighted by atomic mass is 32.1. The van der Waals surface area contributed by atoms with Crippen LogP contribution in [0.4, 0.5) is 17.2 Å². The van der Waals surface area contributed by atoms with Gasteiger partial charge in [-0.15, -0.1) is 0 Å². The molecule has 0 fully saturated rings. The molecule has 0 saturated heterocycles. The number of anilines is 3. The van der Waals surface area contributed by atoms with Crippen molar-refractivity contribution >= 4 is 34.5 Å². The van der Waals surface area contributed by atoms with Crippen LogP contribution < -0.4 is 27.2 Å². The quantitative estimate of drug-likeness (QED) is 0.567. The molecule has 158 valence electrons. The van der Waals surface area contributed by atoms with Crippen LogP contribution in [0.5, 0.6) is 0 Å². The highest BCUT2D eigenvalue weighted by Gasteiger charge is 2.21. The predicted octanol–water partition coefficient (Wildman–Crippen LogP) is 3.66. The van der Waals surface area contributed by atoms with E-state index in [0.717, 1.165) is 24.9 Å².